The number of anilines is 2. The van der Waals surface area contributed by atoms with Crippen LogP contribution in [0.5, 0.6) is 0 Å². The molecular weight excluding hydrogens is 412 g/mol. The van der Waals surface area contributed by atoms with Crippen LogP contribution in [0.2, 0.25) is 0 Å². The highest BCUT2D eigenvalue weighted by molar-refractivity contribution is 7.92. The van der Waals surface area contributed by atoms with Crippen molar-refractivity contribution in [2.24, 2.45) is 0 Å². The van der Waals surface area contributed by atoms with Gasteiger partial charge in [0.25, 0.3) is 0 Å². The summed E-state index contributed by atoms with van der Waals surface area (Å²) in [4.78, 5) is 20.6. The zero-order chi connectivity index (χ0) is 21.8. The van der Waals surface area contributed by atoms with Gasteiger partial charge in [-0.05, 0) is 38.0 Å². The Morgan fingerprint density at radius 1 is 1.06 bits per heavy atom. The molecule has 0 radical (unpaired) electrons. The van der Waals surface area contributed by atoms with Crippen molar-refractivity contribution in [1.29, 1.82) is 0 Å². The van der Waals surface area contributed by atoms with Gasteiger partial charge in [-0.25, -0.2) is 13.4 Å². The number of sulfonamides is 1. The lowest BCUT2D eigenvalue weighted by Gasteiger charge is -2.24. The lowest BCUT2D eigenvalue weighted by atomic mass is 10.0. The highest BCUT2D eigenvalue weighted by atomic mass is 32.2. The van der Waals surface area contributed by atoms with E-state index in [1.165, 1.54) is 12.8 Å². The second-order valence-corrected chi connectivity index (χ2v) is 9.79. The fourth-order valence-corrected chi connectivity index (χ4v) is 5.16. The van der Waals surface area contributed by atoms with E-state index < -0.39 is 10.0 Å². The van der Waals surface area contributed by atoms with Crippen LogP contribution in [0.3, 0.4) is 0 Å². The number of nitrogens with zero attached hydrogens (tertiary/aromatic N) is 3. The molecule has 1 aliphatic carbocycles. The summed E-state index contributed by atoms with van der Waals surface area (Å²) in [5.41, 5.74) is 3.66. The molecule has 5 rings (SSSR count). The molecule has 0 unspecified atom stereocenters. The van der Waals surface area contributed by atoms with Gasteiger partial charge >= 0.3 is 0 Å². The molecule has 0 saturated carbocycles. The molecule has 2 heterocycles. The van der Waals surface area contributed by atoms with Crippen LogP contribution in [0.15, 0.2) is 47.3 Å². The summed E-state index contributed by atoms with van der Waals surface area (Å²) >= 11 is 0. The molecule has 1 saturated heterocycles. The fraction of sp³-hybridized carbons (Fsp3) is 0.304. The Morgan fingerprint density at radius 2 is 1.77 bits per heavy atom. The predicted molar refractivity (Wildman–Crippen MR) is 126 cm³/mol. The first kappa shape index (κ1) is 19.8. The monoisotopic (exact) mass is 436 g/mol. The average molecular weight is 437 g/mol. The summed E-state index contributed by atoms with van der Waals surface area (Å²) < 4.78 is 28.8. The smallest absolute Gasteiger partial charge is 0.230 e. The highest BCUT2D eigenvalue weighted by Crippen LogP contribution is 2.37. The van der Waals surface area contributed by atoms with E-state index in [2.05, 4.69) is 21.8 Å². The molecule has 0 amide bonds. The molecule has 2 aromatic carbocycles. The maximum Gasteiger partial charge on any atom is 0.230 e. The summed E-state index contributed by atoms with van der Waals surface area (Å²) in [7, 11) is -3.66. The van der Waals surface area contributed by atoms with E-state index in [1.807, 2.05) is 29.7 Å². The van der Waals surface area contributed by atoms with Gasteiger partial charge in [0.15, 0.2) is 0 Å². The minimum absolute atomic E-state index is 0.0547. The molecule has 160 valence electrons. The van der Waals surface area contributed by atoms with Crippen molar-refractivity contribution >= 4 is 43.2 Å². The third-order valence-corrected chi connectivity index (χ3v) is 6.52. The third kappa shape index (κ3) is 3.31. The van der Waals surface area contributed by atoms with Gasteiger partial charge in [-0.3, -0.25) is 9.52 Å². The van der Waals surface area contributed by atoms with Crippen LogP contribution in [0.25, 0.3) is 33.2 Å². The van der Waals surface area contributed by atoms with Crippen molar-refractivity contribution in [1.82, 2.24) is 9.55 Å². The van der Waals surface area contributed by atoms with Crippen molar-refractivity contribution in [3.05, 3.63) is 52.7 Å². The summed E-state index contributed by atoms with van der Waals surface area (Å²) in [5, 5.41) is 1.17. The molecule has 0 aromatic heterocycles. The quantitative estimate of drug-likeness (QED) is 0.390. The summed E-state index contributed by atoms with van der Waals surface area (Å²) in [5.74, 6) is 0. The first-order valence-corrected chi connectivity index (χ1v) is 12.4. The van der Waals surface area contributed by atoms with E-state index in [4.69, 9.17) is 4.98 Å². The summed E-state index contributed by atoms with van der Waals surface area (Å²) in [6.07, 6.45) is 3.41. The molecule has 0 atom stereocenters. The van der Waals surface area contributed by atoms with Gasteiger partial charge in [-0.1, -0.05) is 24.3 Å². The number of aromatic nitrogens is 2. The van der Waals surface area contributed by atoms with Gasteiger partial charge in [-0.2, -0.15) is 0 Å². The van der Waals surface area contributed by atoms with Gasteiger partial charge in [-0.15, -0.1) is 0 Å². The molecule has 2 aromatic rings. The van der Waals surface area contributed by atoms with E-state index in [-0.39, 0.29) is 11.1 Å². The van der Waals surface area contributed by atoms with Gasteiger partial charge in [0.1, 0.15) is 5.69 Å². The number of hydrogen-bond donors (Lipinski definition) is 1. The van der Waals surface area contributed by atoms with Crippen molar-refractivity contribution in [3.63, 3.8) is 0 Å². The van der Waals surface area contributed by atoms with E-state index in [9.17, 15) is 13.2 Å². The van der Waals surface area contributed by atoms with E-state index in [0.717, 1.165) is 36.1 Å². The van der Waals surface area contributed by atoms with Crippen LogP contribution < -0.4 is 15.1 Å². The molecule has 1 N–H and O–H groups in total. The fourth-order valence-electron chi connectivity index (χ4n) is 4.60. The number of rotatable bonds is 4. The van der Waals surface area contributed by atoms with Gasteiger partial charge in [0.05, 0.1) is 28.7 Å². The standard InChI is InChI=1S/C23H24N4O3S/c1-3-27-19-14-15(26-12-6-7-13-26)10-11-18(19)24-20-16-8-4-5-9-17(16)23(28)21(22(20)27)25-31(2,29)30/h4-5,8-11,14,25H,3,6-7,12-13H2,1-2H3. The van der Waals surface area contributed by atoms with Crippen LogP contribution in [-0.4, -0.2) is 37.3 Å². The lowest BCUT2D eigenvalue weighted by Crippen LogP contribution is -2.22. The number of hydrogen-bond acceptors (Lipinski definition) is 5. The molecule has 7 nitrogen and oxygen atoms in total. The van der Waals surface area contributed by atoms with Gasteiger partial charge in [0.2, 0.25) is 15.5 Å². The Bertz CT molecular complexity index is 1450. The maximum atomic E-state index is 13.3. The normalized spacial score (nSPS) is 14.7. The summed E-state index contributed by atoms with van der Waals surface area (Å²) in [6, 6.07) is 13.4. The van der Waals surface area contributed by atoms with Crippen LogP contribution >= 0.6 is 0 Å². The first-order valence-electron chi connectivity index (χ1n) is 10.5. The Balaban J connectivity index is 1.93. The number of benzene rings is 3. The minimum Gasteiger partial charge on any atom is -0.371 e. The Kier molecular flexibility index (Phi) is 4.62. The number of nitrogens with one attached hydrogen (secondary N) is 1. The molecule has 3 aliphatic rings. The SMILES string of the molecule is CCn1c2c(NS(C)(=O)=O)c(=O)c3ccccc3c-2nc2ccc(N3CCCC3)cc21. The Hall–Kier alpha value is -3.13. The van der Waals surface area contributed by atoms with E-state index >= 15 is 0 Å². The molecule has 2 aliphatic heterocycles. The van der Waals surface area contributed by atoms with Gasteiger partial charge in [0, 0.05) is 36.1 Å². The topological polar surface area (TPSA) is 84.3 Å². The van der Waals surface area contributed by atoms with E-state index in [0.29, 0.717) is 28.7 Å². The second-order valence-electron chi connectivity index (χ2n) is 8.04. The average Bonchev–Trinajstić information content (AvgIpc) is 3.29. The maximum absolute atomic E-state index is 13.3. The van der Waals surface area contributed by atoms with Crippen LogP contribution in [-0.2, 0) is 16.6 Å². The Morgan fingerprint density at radius 3 is 2.45 bits per heavy atom. The molecule has 1 fully saturated rings. The van der Waals surface area contributed by atoms with Crippen LogP contribution in [0.4, 0.5) is 11.4 Å². The predicted octanol–water partition coefficient (Wildman–Crippen LogP) is 3.65. The molecule has 31 heavy (non-hydrogen) atoms. The highest BCUT2D eigenvalue weighted by Gasteiger charge is 2.25. The zero-order valence-electron chi connectivity index (χ0n) is 17.6. The Labute approximate surface area is 180 Å². The van der Waals surface area contributed by atoms with E-state index in [1.54, 1.807) is 12.1 Å². The third-order valence-electron chi connectivity index (χ3n) is 5.94. The minimum atomic E-state index is -3.66. The molecular formula is C23H24N4O3S. The zero-order valence-corrected chi connectivity index (χ0v) is 18.4. The molecule has 0 bridgehead atoms. The lowest BCUT2D eigenvalue weighted by molar-refractivity contribution is 0.606. The number of fused-ring (bicyclic) bond motifs is 4. The molecule has 0 spiro atoms. The number of aryl methyl sites for hydroxylation is 1. The largest absolute Gasteiger partial charge is 0.371 e. The van der Waals surface area contributed by atoms with Gasteiger partial charge < -0.3 is 9.47 Å². The summed E-state index contributed by atoms with van der Waals surface area (Å²) in [6.45, 7) is 4.60. The first-order chi connectivity index (χ1) is 14.9. The van der Waals surface area contributed by atoms with Crippen molar-refractivity contribution in [2.75, 3.05) is 29.0 Å². The molecule has 8 heteroatoms. The van der Waals surface area contributed by atoms with Crippen LogP contribution in [0, 0.1) is 0 Å². The van der Waals surface area contributed by atoms with Crippen molar-refractivity contribution in [3.8, 4) is 11.4 Å². The van der Waals surface area contributed by atoms with Crippen molar-refractivity contribution in [2.45, 2.75) is 26.3 Å². The van der Waals surface area contributed by atoms with Crippen molar-refractivity contribution < 1.29 is 8.42 Å². The second kappa shape index (κ2) is 7.23. The van der Waals surface area contributed by atoms with Crippen LogP contribution in [0.1, 0.15) is 19.8 Å².